The molecule has 1 atom stereocenters. The Morgan fingerprint density at radius 2 is 1.95 bits per heavy atom. The highest BCUT2D eigenvalue weighted by molar-refractivity contribution is 5.86. The molecule has 2 aliphatic carbocycles. The number of aliphatic hydroxyl groups excluding tert-OH is 1. The summed E-state index contributed by atoms with van der Waals surface area (Å²) < 4.78 is 0. The zero-order valence-corrected chi connectivity index (χ0v) is 11.3. The topological polar surface area (TPSA) is 89.9 Å². The smallest absolute Gasteiger partial charge is 0.329 e. The Hall–Kier alpha value is -1.30. The first-order valence-corrected chi connectivity index (χ1v) is 6.92. The van der Waals surface area contributed by atoms with Crippen molar-refractivity contribution in [3.8, 4) is 0 Å². The van der Waals surface area contributed by atoms with Crippen molar-refractivity contribution >= 4 is 12.0 Å². The van der Waals surface area contributed by atoms with E-state index >= 15 is 0 Å². The fourth-order valence-electron chi connectivity index (χ4n) is 2.54. The largest absolute Gasteiger partial charge is 0.480 e. The summed E-state index contributed by atoms with van der Waals surface area (Å²) in [5.41, 5.74) is -1.19. The number of nitrogens with zero attached hydrogens (tertiary/aromatic N) is 1. The van der Waals surface area contributed by atoms with Crippen molar-refractivity contribution in [3.63, 3.8) is 0 Å². The molecule has 6 heteroatoms. The van der Waals surface area contributed by atoms with Gasteiger partial charge in [0.25, 0.3) is 0 Å². The highest BCUT2D eigenvalue weighted by Gasteiger charge is 2.49. The van der Waals surface area contributed by atoms with Crippen LogP contribution in [0.2, 0.25) is 0 Å². The van der Waals surface area contributed by atoms with E-state index in [2.05, 4.69) is 5.32 Å². The minimum Gasteiger partial charge on any atom is -0.480 e. The lowest BCUT2D eigenvalue weighted by atomic mass is 9.91. The molecule has 19 heavy (non-hydrogen) atoms. The van der Waals surface area contributed by atoms with Gasteiger partial charge < -0.3 is 20.4 Å². The Morgan fingerprint density at radius 3 is 2.32 bits per heavy atom. The lowest BCUT2D eigenvalue weighted by Crippen LogP contribution is -2.60. The normalized spacial score (nSPS) is 22.2. The van der Waals surface area contributed by atoms with Crippen LogP contribution >= 0.6 is 0 Å². The fraction of sp³-hybridized carbons (Fsp3) is 0.846. The van der Waals surface area contributed by atoms with Gasteiger partial charge in [0.2, 0.25) is 0 Å². The van der Waals surface area contributed by atoms with Gasteiger partial charge in [-0.2, -0.15) is 0 Å². The summed E-state index contributed by atoms with van der Waals surface area (Å²) in [6, 6.07) is -0.222. The average Bonchev–Trinajstić information content (AvgIpc) is 3.09. The van der Waals surface area contributed by atoms with Crippen LogP contribution < -0.4 is 5.32 Å². The van der Waals surface area contributed by atoms with Crippen molar-refractivity contribution < 1.29 is 19.8 Å². The number of carbonyl (C=O) groups is 2. The lowest BCUT2D eigenvalue weighted by Gasteiger charge is -2.39. The maximum absolute atomic E-state index is 12.3. The monoisotopic (exact) mass is 270 g/mol. The lowest BCUT2D eigenvalue weighted by molar-refractivity contribution is -0.144. The maximum atomic E-state index is 12.3. The molecule has 0 aliphatic heterocycles. The van der Waals surface area contributed by atoms with Crippen LogP contribution in [0.4, 0.5) is 4.79 Å². The van der Waals surface area contributed by atoms with E-state index in [0.29, 0.717) is 0 Å². The third-order valence-corrected chi connectivity index (χ3v) is 4.32. The van der Waals surface area contributed by atoms with E-state index in [0.717, 1.165) is 32.1 Å². The molecule has 2 saturated carbocycles. The first-order chi connectivity index (χ1) is 8.99. The molecule has 0 radical (unpaired) electrons. The third-order valence-electron chi connectivity index (χ3n) is 4.32. The highest BCUT2D eigenvalue weighted by atomic mass is 16.4. The minimum atomic E-state index is -1.19. The minimum absolute atomic E-state index is 0.0197. The van der Waals surface area contributed by atoms with Gasteiger partial charge in [-0.05, 0) is 44.9 Å². The Bertz CT molecular complexity index is 366. The predicted molar refractivity (Wildman–Crippen MR) is 68.7 cm³/mol. The van der Waals surface area contributed by atoms with Crippen LogP contribution in [0.25, 0.3) is 0 Å². The fourth-order valence-corrected chi connectivity index (χ4v) is 2.54. The first-order valence-electron chi connectivity index (χ1n) is 6.92. The summed E-state index contributed by atoms with van der Waals surface area (Å²) in [5.74, 6) is -0.966. The Morgan fingerprint density at radius 1 is 1.32 bits per heavy atom. The number of urea groups is 1. The molecule has 0 aromatic carbocycles. The summed E-state index contributed by atoms with van der Waals surface area (Å²) in [5, 5.41) is 21.0. The van der Waals surface area contributed by atoms with Gasteiger partial charge in [0.1, 0.15) is 5.54 Å². The third kappa shape index (κ3) is 2.83. The number of rotatable bonds is 6. The number of nitrogens with one attached hydrogen (secondary N) is 1. The number of carboxylic acid groups (broad SMARTS) is 1. The molecule has 0 spiro atoms. The number of hydrogen-bond acceptors (Lipinski definition) is 3. The zero-order valence-electron chi connectivity index (χ0n) is 11.3. The Balaban J connectivity index is 2.02. The number of hydrogen-bond donors (Lipinski definition) is 3. The second-order valence-corrected chi connectivity index (χ2v) is 5.71. The zero-order chi connectivity index (χ0) is 14.0. The number of amides is 2. The summed E-state index contributed by atoms with van der Waals surface area (Å²) in [6.07, 6.45) is 4.62. The molecule has 2 amide bonds. The van der Waals surface area contributed by atoms with Gasteiger partial charge in [0.15, 0.2) is 0 Å². The molecule has 108 valence electrons. The molecule has 0 saturated heterocycles. The van der Waals surface area contributed by atoms with Crippen molar-refractivity contribution in [3.05, 3.63) is 0 Å². The Labute approximate surface area is 112 Å². The summed E-state index contributed by atoms with van der Waals surface area (Å²) in [6.45, 7) is 1.73. The van der Waals surface area contributed by atoms with Gasteiger partial charge in [0.05, 0.1) is 6.61 Å². The van der Waals surface area contributed by atoms with Crippen molar-refractivity contribution in [1.29, 1.82) is 0 Å². The Kier molecular flexibility index (Phi) is 3.99. The molecular formula is C13H22N2O4. The van der Waals surface area contributed by atoms with Crippen molar-refractivity contribution in [2.45, 2.75) is 50.6 Å². The summed E-state index contributed by atoms with van der Waals surface area (Å²) in [7, 11) is 0. The van der Waals surface area contributed by atoms with Gasteiger partial charge in [-0.15, -0.1) is 0 Å². The molecule has 6 nitrogen and oxygen atoms in total. The second-order valence-electron chi connectivity index (χ2n) is 5.71. The molecular weight excluding hydrogens is 248 g/mol. The predicted octanol–water partition coefficient (Wildman–Crippen LogP) is 0.796. The van der Waals surface area contributed by atoms with Crippen molar-refractivity contribution in [2.75, 3.05) is 13.2 Å². The van der Waals surface area contributed by atoms with Crippen LogP contribution in [-0.2, 0) is 4.79 Å². The quantitative estimate of drug-likeness (QED) is 0.666. The molecule has 0 heterocycles. The molecule has 0 aromatic rings. The van der Waals surface area contributed by atoms with Crippen LogP contribution in [-0.4, -0.2) is 51.8 Å². The molecule has 2 rings (SSSR count). The molecule has 1 unspecified atom stereocenters. The number of carbonyl (C=O) groups excluding carboxylic acids is 1. The van der Waals surface area contributed by atoms with E-state index in [9.17, 15) is 14.7 Å². The van der Waals surface area contributed by atoms with Crippen LogP contribution in [0.1, 0.15) is 39.0 Å². The van der Waals surface area contributed by atoms with Gasteiger partial charge in [0, 0.05) is 12.6 Å². The number of carboxylic acids is 1. The molecule has 0 bridgehead atoms. The van der Waals surface area contributed by atoms with Gasteiger partial charge in [-0.3, -0.25) is 0 Å². The van der Waals surface area contributed by atoms with Crippen LogP contribution in [0.15, 0.2) is 0 Å². The van der Waals surface area contributed by atoms with E-state index in [1.54, 1.807) is 11.8 Å². The van der Waals surface area contributed by atoms with Gasteiger partial charge in [-0.25, -0.2) is 9.59 Å². The number of aliphatic hydroxyl groups is 1. The first kappa shape index (κ1) is 14.1. The standard InChI is InChI=1S/C13H22N2O4/c1-13(11(17)18,9-5-6-9)14-12(19)15(7-8-16)10-3-2-4-10/h9-10,16H,2-8H2,1H3,(H,14,19)(H,17,18). The van der Waals surface area contributed by atoms with Crippen LogP contribution in [0, 0.1) is 5.92 Å². The van der Waals surface area contributed by atoms with Crippen LogP contribution in [0.3, 0.4) is 0 Å². The van der Waals surface area contributed by atoms with Crippen molar-refractivity contribution in [2.24, 2.45) is 5.92 Å². The van der Waals surface area contributed by atoms with Gasteiger partial charge in [-0.1, -0.05) is 0 Å². The summed E-state index contributed by atoms with van der Waals surface area (Å²) >= 11 is 0. The molecule has 2 fully saturated rings. The van der Waals surface area contributed by atoms with E-state index in [-0.39, 0.29) is 31.1 Å². The van der Waals surface area contributed by atoms with E-state index in [1.165, 1.54) is 0 Å². The average molecular weight is 270 g/mol. The maximum Gasteiger partial charge on any atom is 0.329 e. The summed E-state index contributed by atoms with van der Waals surface area (Å²) in [4.78, 5) is 25.2. The SMILES string of the molecule is CC(NC(=O)N(CCO)C1CCC1)(C(=O)O)C1CC1. The van der Waals surface area contributed by atoms with E-state index in [4.69, 9.17) is 5.11 Å². The second kappa shape index (κ2) is 5.36. The molecule has 0 aromatic heterocycles. The van der Waals surface area contributed by atoms with Crippen molar-refractivity contribution in [1.82, 2.24) is 10.2 Å². The highest BCUT2D eigenvalue weighted by Crippen LogP contribution is 2.40. The van der Waals surface area contributed by atoms with Gasteiger partial charge >= 0.3 is 12.0 Å². The van der Waals surface area contributed by atoms with Crippen LogP contribution in [0.5, 0.6) is 0 Å². The molecule has 2 aliphatic rings. The number of aliphatic carboxylic acids is 1. The van der Waals surface area contributed by atoms with E-state index < -0.39 is 11.5 Å². The molecule has 3 N–H and O–H groups in total. The van der Waals surface area contributed by atoms with E-state index in [1.807, 2.05) is 0 Å².